The van der Waals surface area contributed by atoms with Crippen LogP contribution in [-0.4, -0.2) is 19.5 Å². The Bertz CT molecular complexity index is 1330. The van der Waals surface area contributed by atoms with Crippen LogP contribution in [0.15, 0.2) is 51.7 Å². The van der Waals surface area contributed by atoms with Crippen molar-refractivity contribution in [2.24, 2.45) is 0 Å². The Kier molecular flexibility index (Phi) is 4.91. The first-order valence-corrected chi connectivity index (χ1v) is 10.5. The number of fused-ring (bicyclic) bond motifs is 2. The van der Waals surface area contributed by atoms with E-state index in [0.717, 1.165) is 15.3 Å². The summed E-state index contributed by atoms with van der Waals surface area (Å²) in [5.41, 5.74) is 1.40. The molecule has 0 aliphatic rings. The Labute approximate surface area is 169 Å². The van der Waals surface area contributed by atoms with Gasteiger partial charge in [0.2, 0.25) is 0 Å². The molecule has 0 amide bonds. The first-order chi connectivity index (χ1) is 13.5. The number of aromatic nitrogens is 4. The number of H-pyrrole nitrogens is 1. The molecule has 6 nitrogen and oxygen atoms in total. The summed E-state index contributed by atoms with van der Waals surface area (Å²) in [4.78, 5) is 39.2. The van der Waals surface area contributed by atoms with Gasteiger partial charge in [0.25, 0.3) is 11.1 Å². The lowest BCUT2D eigenvalue weighted by molar-refractivity contribution is 0.672. The van der Waals surface area contributed by atoms with Gasteiger partial charge >= 0.3 is 0 Å². The molecule has 0 aliphatic carbocycles. The molecule has 0 saturated heterocycles. The highest BCUT2D eigenvalue weighted by atomic mass is 32.2. The molecule has 142 valence electrons. The Balaban J connectivity index is 1.75. The van der Waals surface area contributed by atoms with E-state index in [9.17, 15) is 9.59 Å². The van der Waals surface area contributed by atoms with Crippen LogP contribution in [0, 0.1) is 13.8 Å². The van der Waals surface area contributed by atoms with E-state index >= 15 is 0 Å². The summed E-state index contributed by atoms with van der Waals surface area (Å²) >= 11 is 2.90. The zero-order chi connectivity index (χ0) is 19.8. The molecule has 1 aromatic carbocycles. The molecule has 3 aromatic heterocycles. The number of nitrogens with one attached hydrogen (secondary N) is 1. The highest BCUT2D eigenvalue weighted by Gasteiger charge is 2.16. The van der Waals surface area contributed by atoms with Crippen LogP contribution < -0.4 is 11.1 Å². The number of benzene rings is 1. The van der Waals surface area contributed by atoms with Crippen LogP contribution in [0.1, 0.15) is 16.3 Å². The van der Waals surface area contributed by atoms with Gasteiger partial charge in [-0.2, -0.15) is 0 Å². The Hall–Kier alpha value is -2.71. The molecule has 0 bridgehead atoms. The average molecular weight is 411 g/mol. The molecule has 8 heteroatoms. The van der Waals surface area contributed by atoms with Crippen molar-refractivity contribution in [3.63, 3.8) is 0 Å². The molecule has 1 N–H and O–H groups in total. The number of thiophene rings is 1. The van der Waals surface area contributed by atoms with Crippen LogP contribution in [-0.2, 0) is 12.3 Å². The maximum atomic E-state index is 13.0. The highest BCUT2D eigenvalue weighted by molar-refractivity contribution is 7.98. The summed E-state index contributed by atoms with van der Waals surface area (Å²) in [7, 11) is 0. The van der Waals surface area contributed by atoms with Crippen LogP contribution in [0.3, 0.4) is 0 Å². The van der Waals surface area contributed by atoms with Crippen molar-refractivity contribution in [2.75, 3.05) is 0 Å². The third-order valence-electron chi connectivity index (χ3n) is 4.57. The lowest BCUT2D eigenvalue weighted by atomic mass is 10.2. The summed E-state index contributed by atoms with van der Waals surface area (Å²) in [6.45, 7) is 8.08. The molecule has 4 aromatic rings. The van der Waals surface area contributed by atoms with Gasteiger partial charge in [-0.3, -0.25) is 14.2 Å². The lowest BCUT2D eigenvalue weighted by Gasteiger charge is -2.10. The summed E-state index contributed by atoms with van der Waals surface area (Å²) in [5.74, 6) is 0.949. The number of hydrogen-bond acceptors (Lipinski definition) is 6. The van der Waals surface area contributed by atoms with Gasteiger partial charge in [-0.25, -0.2) is 9.97 Å². The molecule has 3 heterocycles. The minimum absolute atomic E-state index is 0.0609. The van der Waals surface area contributed by atoms with E-state index in [1.165, 1.54) is 23.1 Å². The van der Waals surface area contributed by atoms with Gasteiger partial charge in [0, 0.05) is 11.4 Å². The third-order valence-corrected chi connectivity index (χ3v) is 6.65. The molecular weight excluding hydrogens is 392 g/mol. The predicted octanol–water partition coefficient (Wildman–Crippen LogP) is 3.79. The van der Waals surface area contributed by atoms with Crippen LogP contribution in [0.25, 0.3) is 21.1 Å². The highest BCUT2D eigenvalue weighted by Crippen LogP contribution is 2.29. The number of para-hydroxylation sites is 1. The zero-order valence-corrected chi connectivity index (χ0v) is 17.1. The summed E-state index contributed by atoms with van der Waals surface area (Å²) < 4.78 is 1.62. The number of allylic oxidation sites excluding steroid dienone is 1. The molecule has 0 aliphatic heterocycles. The maximum absolute atomic E-state index is 13.0. The quantitative estimate of drug-likeness (QED) is 0.308. The Morgan fingerprint density at radius 2 is 2.04 bits per heavy atom. The van der Waals surface area contributed by atoms with Crippen molar-refractivity contribution < 1.29 is 0 Å². The summed E-state index contributed by atoms with van der Waals surface area (Å²) in [6, 6.07) is 7.22. The van der Waals surface area contributed by atoms with E-state index in [1.54, 1.807) is 16.7 Å². The fourth-order valence-corrected chi connectivity index (χ4v) is 4.99. The molecule has 0 fully saturated rings. The molecule has 0 unspecified atom stereocenters. The monoisotopic (exact) mass is 410 g/mol. The van der Waals surface area contributed by atoms with E-state index in [4.69, 9.17) is 4.98 Å². The number of thioether (sulfide) groups is 1. The SMILES string of the molecule is C=CCn1c(SCc2nc3ccccc3c(=O)[nH]2)nc2sc(C)c(C)c2c1=O. The van der Waals surface area contributed by atoms with E-state index < -0.39 is 0 Å². The van der Waals surface area contributed by atoms with Crippen LogP contribution in [0.5, 0.6) is 0 Å². The molecular formula is C20H18N4O2S2. The van der Waals surface area contributed by atoms with Gasteiger partial charge < -0.3 is 4.98 Å². The van der Waals surface area contributed by atoms with Gasteiger partial charge in [-0.1, -0.05) is 30.0 Å². The van der Waals surface area contributed by atoms with Gasteiger partial charge in [0.1, 0.15) is 10.7 Å². The van der Waals surface area contributed by atoms with Gasteiger partial charge in [-0.05, 0) is 31.5 Å². The third kappa shape index (κ3) is 3.18. The molecule has 28 heavy (non-hydrogen) atoms. The zero-order valence-electron chi connectivity index (χ0n) is 15.5. The molecule has 0 radical (unpaired) electrons. The van der Waals surface area contributed by atoms with Gasteiger partial charge in [0.15, 0.2) is 5.16 Å². The second-order valence-electron chi connectivity index (χ2n) is 6.38. The van der Waals surface area contributed by atoms with Gasteiger partial charge in [0.05, 0.1) is 22.0 Å². The summed E-state index contributed by atoms with van der Waals surface area (Å²) in [6.07, 6.45) is 1.68. The second-order valence-corrected chi connectivity index (χ2v) is 8.53. The number of hydrogen-bond donors (Lipinski definition) is 1. The first kappa shape index (κ1) is 18.6. The van der Waals surface area contributed by atoms with Crippen molar-refractivity contribution in [3.8, 4) is 0 Å². The summed E-state index contributed by atoms with van der Waals surface area (Å²) in [5, 5.41) is 1.82. The fraction of sp³-hybridized carbons (Fsp3) is 0.200. The van der Waals surface area contributed by atoms with E-state index in [2.05, 4.69) is 16.5 Å². The molecule has 4 rings (SSSR count). The fourth-order valence-electron chi connectivity index (χ4n) is 3.05. The minimum atomic E-state index is -0.169. The largest absolute Gasteiger partial charge is 0.309 e. The van der Waals surface area contributed by atoms with Crippen molar-refractivity contribution in [1.29, 1.82) is 0 Å². The van der Waals surface area contributed by atoms with E-state index in [1.807, 2.05) is 32.0 Å². The van der Waals surface area contributed by atoms with E-state index in [-0.39, 0.29) is 11.1 Å². The van der Waals surface area contributed by atoms with Crippen LogP contribution >= 0.6 is 23.1 Å². The predicted molar refractivity (Wildman–Crippen MR) is 115 cm³/mol. The van der Waals surface area contributed by atoms with Crippen molar-refractivity contribution in [1.82, 2.24) is 19.5 Å². The molecule has 0 saturated carbocycles. The minimum Gasteiger partial charge on any atom is -0.309 e. The van der Waals surface area contributed by atoms with Crippen LogP contribution in [0.2, 0.25) is 0 Å². The smallest absolute Gasteiger partial charge is 0.263 e. The van der Waals surface area contributed by atoms with Crippen LogP contribution in [0.4, 0.5) is 0 Å². The molecule has 0 spiro atoms. The van der Waals surface area contributed by atoms with E-state index in [0.29, 0.717) is 39.6 Å². The van der Waals surface area contributed by atoms with Crippen molar-refractivity contribution >= 4 is 44.2 Å². The maximum Gasteiger partial charge on any atom is 0.263 e. The van der Waals surface area contributed by atoms with Gasteiger partial charge in [-0.15, -0.1) is 17.9 Å². The Morgan fingerprint density at radius 1 is 1.25 bits per heavy atom. The number of aromatic amines is 1. The Morgan fingerprint density at radius 3 is 2.82 bits per heavy atom. The lowest BCUT2D eigenvalue weighted by Crippen LogP contribution is -2.22. The topological polar surface area (TPSA) is 80.6 Å². The number of rotatable bonds is 5. The normalized spacial score (nSPS) is 11.4. The number of nitrogens with zero attached hydrogens (tertiary/aromatic N) is 3. The van der Waals surface area contributed by atoms with Crippen molar-refractivity contribution in [2.45, 2.75) is 31.3 Å². The first-order valence-electron chi connectivity index (χ1n) is 8.71. The number of aryl methyl sites for hydroxylation is 2. The molecule has 0 atom stereocenters. The average Bonchev–Trinajstić information content (AvgIpc) is 2.97. The second kappa shape index (κ2) is 7.37. The van der Waals surface area contributed by atoms with Crippen molar-refractivity contribution in [3.05, 3.63) is 73.9 Å². The standard InChI is InChI=1S/C20H18N4O2S2/c1-4-9-24-19(26)16-11(2)12(3)28-18(16)23-20(24)27-10-15-21-14-8-6-5-7-13(14)17(25)22-15/h4-8H,1,9-10H2,2-3H3,(H,21,22,25).